The van der Waals surface area contributed by atoms with Gasteiger partial charge in [-0.2, -0.15) is 0 Å². The Morgan fingerprint density at radius 1 is 0.591 bits per heavy atom. The van der Waals surface area contributed by atoms with Gasteiger partial charge in [0.15, 0.2) is 0 Å². The zero-order valence-electron chi connectivity index (χ0n) is 26.5. The van der Waals surface area contributed by atoms with E-state index in [1.165, 1.54) is 72.4 Å². The summed E-state index contributed by atoms with van der Waals surface area (Å²) in [6.07, 6.45) is 0. The number of nitrogens with zero attached hydrogens (tertiary/aromatic N) is 1. The van der Waals surface area contributed by atoms with Crippen LogP contribution in [0.4, 0.5) is 0 Å². The average molecular weight is 648 g/mol. The minimum atomic E-state index is -0.00715. The molecule has 1 aromatic heterocycles. The molecule has 6 aromatic rings. The van der Waals surface area contributed by atoms with E-state index in [0.717, 1.165) is 0 Å². The summed E-state index contributed by atoms with van der Waals surface area (Å²) >= 11 is 1.55. The molecule has 0 saturated heterocycles. The molecule has 0 fully saturated rings. The van der Waals surface area contributed by atoms with Gasteiger partial charge in [-0.25, -0.2) is 0 Å². The normalized spacial score (nSPS) is 16.9. The Kier molecular flexibility index (Phi) is 6.22. The zero-order valence-corrected chi connectivity index (χ0v) is 29.0. The Labute approximate surface area is 276 Å². The molecule has 0 N–H and O–H groups in total. The number of para-hydroxylation sites is 2. The fourth-order valence-corrected chi connectivity index (χ4v) is 9.25. The molecule has 8 rings (SSSR count). The Morgan fingerprint density at radius 2 is 1.27 bits per heavy atom. The molecular formula is C42H38NZr. The fourth-order valence-electron chi connectivity index (χ4n) is 7.90. The molecule has 2 atom stereocenters. The van der Waals surface area contributed by atoms with Crippen molar-refractivity contribution in [1.29, 1.82) is 0 Å². The van der Waals surface area contributed by atoms with Crippen LogP contribution in [0, 0.1) is 0 Å². The van der Waals surface area contributed by atoms with Gasteiger partial charge >= 0.3 is 278 Å². The van der Waals surface area contributed by atoms with Gasteiger partial charge in [-0.1, -0.05) is 0 Å². The SMILES string of the molecule is CC(C)(C)c1ccc2c(c1)[CH]([Zr])c1c-2ccc(C(C)(C)C)c1C1c2ccccc2-c2c1n(-c1ccccc1)c1ccccc21. The van der Waals surface area contributed by atoms with E-state index < -0.39 is 0 Å². The first kappa shape index (κ1) is 28.0. The van der Waals surface area contributed by atoms with Crippen molar-refractivity contribution >= 4 is 10.9 Å². The molecule has 0 aliphatic heterocycles. The second-order valence-corrected chi connectivity index (χ2v) is 16.1. The third-order valence-corrected chi connectivity index (χ3v) is 11.4. The van der Waals surface area contributed by atoms with Gasteiger partial charge in [0.1, 0.15) is 0 Å². The molecule has 2 aliphatic rings. The second-order valence-electron chi connectivity index (χ2n) is 14.7. The van der Waals surface area contributed by atoms with Gasteiger partial charge in [0, 0.05) is 0 Å². The van der Waals surface area contributed by atoms with Crippen molar-refractivity contribution in [3.8, 4) is 27.9 Å². The van der Waals surface area contributed by atoms with Gasteiger partial charge in [-0.15, -0.1) is 0 Å². The standard InChI is InChI=1S/C42H38N.Zr/c1-41(2,3)27-20-21-29-26(24-27)25-34-30(29)22-23-35(42(4,5)6)38(34)39-32-17-11-10-16-31(32)37-33-18-12-13-19-36(33)43(40(37)39)28-14-8-7-9-15-28;/h7-25,39H,1-6H3;. The van der Waals surface area contributed by atoms with Gasteiger partial charge in [0.2, 0.25) is 0 Å². The maximum absolute atomic E-state index is 2.57. The summed E-state index contributed by atoms with van der Waals surface area (Å²) in [5, 5.41) is 1.34. The first-order valence-corrected chi connectivity index (χ1v) is 17.3. The van der Waals surface area contributed by atoms with E-state index >= 15 is 0 Å². The van der Waals surface area contributed by atoms with Crippen molar-refractivity contribution in [2.24, 2.45) is 0 Å². The van der Waals surface area contributed by atoms with Crippen molar-refractivity contribution < 1.29 is 24.7 Å². The van der Waals surface area contributed by atoms with Crippen LogP contribution in [0.5, 0.6) is 0 Å². The molecule has 2 aliphatic carbocycles. The monoisotopic (exact) mass is 646 g/mol. The van der Waals surface area contributed by atoms with Crippen LogP contribution in [0.15, 0.2) is 109 Å². The summed E-state index contributed by atoms with van der Waals surface area (Å²) in [7, 11) is 0. The van der Waals surface area contributed by atoms with Crippen LogP contribution >= 0.6 is 0 Å². The molecule has 1 heterocycles. The molecule has 0 amide bonds. The topological polar surface area (TPSA) is 4.93 Å². The molecule has 2 heteroatoms. The van der Waals surface area contributed by atoms with Crippen molar-refractivity contribution in [1.82, 2.24) is 4.57 Å². The van der Waals surface area contributed by atoms with Gasteiger partial charge in [0.05, 0.1) is 0 Å². The van der Waals surface area contributed by atoms with E-state index in [4.69, 9.17) is 0 Å². The third kappa shape index (κ3) is 3.99. The van der Waals surface area contributed by atoms with Gasteiger partial charge in [0.25, 0.3) is 0 Å². The van der Waals surface area contributed by atoms with E-state index in [1.807, 2.05) is 0 Å². The predicted molar refractivity (Wildman–Crippen MR) is 181 cm³/mol. The van der Waals surface area contributed by atoms with Gasteiger partial charge in [-0.3, -0.25) is 0 Å². The molecule has 0 saturated carbocycles. The Hall–Kier alpha value is -3.48. The van der Waals surface area contributed by atoms with Crippen LogP contribution in [0.3, 0.4) is 0 Å². The Morgan fingerprint density at radius 3 is 2.02 bits per heavy atom. The summed E-state index contributed by atoms with van der Waals surface area (Å²) in [6.45, 7) is 14.2. The maximum atomic E-state index is 2.57. The molecule has 0 bridgehead atoms. The molecule has 2 unspecified atom stereocenters. The minimum absolute atomic E-state index is 0.00715. The van der Waals surface area contributed by atoms with E-state index in [0.29, 0.717) is 3.63 Å². The Balaban J connectivity index is 1.50. The fraction of sp³-hybridized carbons (Fsp3) is 0.238. The Bertz CT molecular complexity index is 2080. The second kappa shape index (κ2) is 9.76. The summed E-state index contributed by atoms with van der Waals surface area (Å²) in [6, 6.07) is 41.4. The molecular weight excluding hydrogens is 610 g/mol. The van der Waals surface area contributed by atoms with E-state index in [9.17, 15) is 0 Å². The first-order chi connectivity index (χ1) is 21.1. The van der Waals surface area contributed by atoms with Gasteiger partial charge < -0.3 is 0 Å². The molecule has 0 spiro atoms. The number of fused-ring (bicyclic) bond motifs is 8. The van der Waals surface area contributed by atoms with Crippen molar-refractivity contribution in [2.45, 2.75) is 61.9 Å². The molecule has 5 aromatic carbocycles. The van der Waals surface area contributed by atoms with Crippen LogP contribution in [0.2, 0.25) is 0 Å². The molecule has 0 radical (unpaired) electrons. The molecule has 44 heavy (non-hydrogen) atoms. The van der Waals surface area contributed by atoms with Crippen LogP contribution in [-0.4, -0.2) is 4.57 Å². The van der Waals surface area contributed by atoms with Crippen molar-refractivity contribution in [2.75, 3.05) is 0 Å². The summed E-state index contributed by atoms with van der Waals surface area (Å²) < 4.78 is 2.97. The van der Waals surface area contributed by atoms with Crippen LogP contribution < -0.4 is 0 Å². The van der Waals surface area contributed by atoms with E-state index in [1.54, 1.807) is 30.3 Å². The van der Waals surface area contributed by atoms with Crippen molar-refractivity contribution in [3.63, 3.8) is 0 Å². The van der Waals surface area contributed by atoms with E-state index in [2.05, 4.69) is 155 Å². The van der Waals surface area contributed by atoms with Crippen molar-refractivity contribution in [3.05, 3.63) is 148 Å². The van der Waals surface area contributed by atoms with Gasteiger partial charge in [-0.05, 0) is 0 Å². The predicted octanol–water partition coefficient (Wildman–Crippen LogP) is 11.0. The summed E-state index contributed by atoms with van der Waals surface area (Å²) in [5.41, 5.74) is 18.6. The number of benzene rings is 5. The number of hydrogen-bond acceptors (Lipinski definition) is 0. The van der Waals surface area contributed by atoms with Crippen LogP contribution in [0.25, 0.3) is 38.8 Å². The van der Waals surface area contributed by atoms with Crippen LogP contribution in [-0.2, 0) is 35.5 Å². The summed E-state index contributed by atoms with van der Waals surface area (Å²) in [4.78, 5) is 0. The van der Waals surface area contributed by atoms with Crippen LogP contribution in [0.1, 0.15) is 90.2 Å². The van der Waals surface area contributed by atoms with E-state index in [-0.39, 0.29) is 16.7 Å². The molecule has 215 valence electrons. The number of hydrogen-bond donors (Lipinski definition) is 0. The number of aromatic nitrogens is 1. The first-order valence-electron chi connectivity index (χ1n) is 15.9. The average Bonchev–Trinajstić information content (AvgIpc) is 3.61. The number of rotatable bonds is 2. The third-order valence-electron chi connectivity index (χ3n) is 9.93. The zero-order chi connectivity index (χ0) is 30.5. The summed E-state index contributed by atoms with van der Waals surface area (Å²) in [5.74, 6) is 0.136. The molecule has 1 nitrogen and oxygen atoms in total. The quantitative estimate of drug-likeness (QED) is 0.176.